The molecule has 0 radical (unpaired) electrons. The normalized spacial score (nSPS) is 12.6. The van der Waals surface area contributed by atoms with Crippen molar-refractivity contribution in [2.24, 2.45) is 0 Å². The van der Waals surface area contributed by atoms with Gasteiger partial charge in [-0.2, -0.15) is 0 Å². The lowest BCUT2D eigenvalue weighted by molar-refractivity contribution is -0.384. The van der Waals surface area contributed by atoms with Crippen molar-refractivity contribution in [3.8, 4) is 5.75 Å². The van der Waals surface area contributed by atoms with Crippen molar-refractivity contribution in [2.45, 2.75) is 20.0 Å². The highest BCUT2D eigenvalue weighted by atomic mass is 16.6. The number of hydrogen-bond donors (Lipinski definition) is 1. The number of nitrogens with zero attached hydrogens (tertiary/aromatic N) is 2. The monoisotopic (exact) mass is 345 g/mol. The molecule has 25 heavy (non-hydrogen) atoms. The summed E-state index contributed by atoms with van der Waals surface area (Å²) in [5.74, 6) is 0.725. The van der Waals surface area contributed by atoms with E-state index in [9.17, 15) is 15.2 Å². The maximum atomic E-state index is 10.8. The van der Waals surface area contributed by atoms with Gasteiger partial charge < -0.3 is 9.84 Å². The van der Waals surface area contributed by atoms with Crippen LogP contribution in [0.4, 0.5) is 11.4 Å². The first-order valence-corrected chi connectivity index (χ1v) is 8.47. The molecule has 1 N–H and O–H groups in total. The Morgan fingerprint density at radius 2 is 1.68 bits per heavy atom. The first kappa shape index (κ1) is 18.9. The van der Waals surface area contributed by atoms with Gasteiger partial charge in [0.2, 0.25) is 0 Å². The van der Waals surface area contributed by atoms with Crippen molar-refractivity contribution in [1.82, 2.24) is 4.48 Å². The Balaban J connectivity index is 2.08. The van der Waals surface area contributed by atoms with Crippen LogP contribution in [0.25, 0.3) is 0 Å². The van der Waals surface area contributed by atoms with E-state index in [4.69, 9.17) is 4.74 Å². The standard InChI is InChI=1S/C19H25N2O4/c1-3-21(4-2,17-12-10-16(11-13-17)20(23)24)14-18(22)15-25-19-8-6-5-7-9-19/h5-13,18,22H,3-4,14-15H2,1-2H3/q+1. The number of likely N-dealkylation sites (N-methyl/N-ethyl adjacent to an activating group) is 1. The van der Waals surface area contributed by atoms with Crippen molar-refractivity contribution in [2.75, 3.05) is 26.2 Å². The average molecular weight is 345 g/mol. The molecule has 0 amide bonds. The third kappa shape index (κ3) is 4.78. The number of hydrogen-bond acceptors (Lipinski definition) is 4. The molecule has 0 saturated carbocycles. The van der Waals surface area contributed by atoms with Gasteiger partial charge in [0, 0.05) is 24.3 Å². The van der Waals surface area contributed by atoms with Crippen LogP contribution < -0.4 is 9.22 Å². The number of para-hydroxylation sites is 1. The molecule has 2 aromatic rings. The minimum Gasteiger partial charge on any atom is -0.491 e. The Morgan fingerprint density at radius 1 is 1.08 bits per heavy atom. The Kier molecular flexibility index (Phi) is 6.50. The predicted octanol–water partition coefficient (Wildman–Crippen LogP) is 3.38. The summed E-state index contributed by atoms with van der Waals surface area (Å²) in [5, 5.41) is 21.3. The lowest BCUT2D eigenvalue weighted by atomic mass is 10.1. The second-order valence-electron chi connectivity index (χ2n) is 6.01. The molecule has 2 aromatic carbocycles. The molecule has 2 rings (SSSR count). The SMILES string of the molecule is CC[N+](CC)(CC(O)COc1ccccc1)c1ccc([N+](=O)[O-])cc1. The highest BCUT2D eigenvalue weighted by molar-refractivity contribution is 5.48. The van der Waals surface area contributed by atoms with Crippen molar-refractivity contribution >= 4 is 11.4 Å². The van der Waals surface area contributed by atoms with E-state index in [1.807, 2.05) is 30.3 Å². The molecular weight excluding hydrogens is 320 g/mol. The maximum absolute atomic E-state index is 10.8. The van der Waals surface area contributed by atoms with E-state index in [2.05, 4.69) is 13.8 Å². The zero-order valence-corrected chi connectivity index (χ0v) is 14.7. The van der Waals surface area contributed by atoms with Crippen LogP contribution in [0.2, 0.25) is 0 Å². The second kappa shape index (κ2) is 8.60. The van der Waals surface area contributed by atoms with Crippen molar-refractivity contribution < 1.29 is 14.8 Å². The number of ether oxygens (including phenoxy) is 1. The third-order valence-corrected chi connectivity index (χ3v) is 4.56. The molecule has 0 aliphatic heterocycles. The molecule has 1 atom stereocenters. The molecule has 6 heteroatoms. The maximum Gasteiger partial charge on any atom is 0.269 e. The molecular formula is C19H25N2O4+. The van der Waals surface area contributed by atoms with Gasteiger partial charge in [0.05, 0.1) is 18.0 Å². The van der Waals surface area contributed by atoms with E-state index >= 15 is 0 Å². The number of nitro benzene ring substituents is 1. The van der Waals surface area contributed by atoms with Gasteiger partial charge in [0.1, 0.15) is 30.7 Å². The molecule has 0 heterocycles. The summed E-state index contributed by atoms with van der Waals surface area (Å²) in [5.41, 5.74) is 1.02. The molecule has 6 nitrogen and oxygen atoms in total. The molecule has 0 aromatic heterocycles. The Hall–Kier alpha value is -2.44. The quantitative estimate of drug-likeness (QED) is 0.429. The van der Waals surface area contributed by atoms with Gasteiger partial charge in [-0.1, -0.05) is 18.2 Å². The van der Waals surface area contributed by atoms with E-state index in [-0.39, 0.29) is 12.3 Å². The fourth-order valence-electron chi connectivity index (χ4n) is 3.01. The Bertz CT molecular complexity index is 670. The third-order valence-electron chi connectivity index (χ3n) is 4.56. The van der Waals surface area contributed by atoms with Crippen LogP contribution in [-0.2, 0) is 0 Å². The zero-order chi connectivity index (χ0) is 18.3. The Labute approximate surface area is 148 Å². The van der Waals surface area contributed by atoms with Gasteiger partial charge in [0.25, 0.3) is 5.69 Å². The van der Waals surface area contributed by atoms with E-state index < -0.39 is 11.0 Å². The van der Waals surface area contributed by atoms with Gasteiger partial charge in [-0.3, -0.25) is 14.6 Å². The van der Waals surface area contributed by atoms with Crippen molar-refractivity contribution in [3.63, 3.8) is 0 Å². The summed E-state index contributed by atoms with van der Waals surface area (Å²) in [6.07, 6.45) is -0.643. The van der Waals surface area contributed by atoms with Crippen LogP contribution in [0.15, 0.2) is 54.6 Å². The molecule has 0 bridgehead atoms. The second-order valence-corrected chi connectivity index (χ2v) is 6.01. The number of rotatable bonds is 9. The van der Waals surface area contributed by atoms with Gasteiger partial charge >= 0.3 is 0 Å². The van der Waals surface area contributed by atoms with Crippen LogP contribution >= 0.6 is 0 Å². The van der Waals surface area contributed by atoms with Gasteiger partial charge in [-0.15, -0.1) is 0 Å². The first-order chi connectivity index (χ1) is 12.0. The predicted molar refractivity (Wildman–Crippen MR) is 98.8 cm³/mol. The fraction of sp³-hybridized carbons (Fsp3) is 0.368. The number of nitro groups is 1. The lowest BCUT2D eigenvalue weighted by Crippen LogP contribution is -2.54. The van der Waals surface area contributed by atoms with Crippen molar-refractivity contribution in [1.29, 1.82) is 0 Å². The molecule has 134 valence electrons. The topological polar surface area (TPSA) is 72.6 Å². The van der Waals surface area contributed by atoms with E-state index in [0.717, 1.165) is 24.5 Å². The van der Waals surface area contributed by atoms with Crippen LogP contribution in [-0.4, -0.2) is 42.4 Å². The minimum absolute atomic E-state index is 0.0713. The highest BCUT2D eigenvalue weighted by Crippen LogP contribution is 2.26. The van der Waals surface area contributed by atoms with Gasteiger partial charge in [0.15, 0.2) is 0 Å². The summed E-state index contributed by atoms with van der Waals surface area (Å²) in [7, 11) is 0. The van der Waals surface area contributed by atoms with E-state index in [1.165, 1.54) is 12.1 Å². The number of quaternary nitrogens is 1. The molecule has 0 saturated heterocycles. The van der Waals surface area contributed by atoms with Crippen LogP contribution in [0.5, 0.6) is 5.75 Å². The van der Waals surface area contributed by atoms with Crippen LogP contribution in [0.1, 0.15) is 13.8 Å². The van der Waals surface area contributed by atoms with Crippen LogP contribution in [0.3, 0.4) is 0 Å². The number of aliphatic hydroxyl groups is 1. The van der Waals surface area contributed by atoms with Gasteiger partial charge in [-0.25, -0.2) is 0 Å². The van der Waals surface area contributed by atoms with Crippen molar-refractivity contribution in [3.05, 3.63) is 64.7 Å². The van der Waals surface area contributed by atoms with E-state index in [0.29, 0.717) is 11.0 Å². The Morgan fingerprint density at radius 3 is 2.20 bits per heavy atom. The number of non-ortho nitro benzene ring substituents is 1. The lowest BCUT2D eigenvalue weighted by Gasteiger charge is -2.37. The molecule has 1 unspecified atom stereocenters. The molecule has 0 fully saturated rings. The van der Waals surface area contributed by atoms with E-state index in [1.54, 1.807) is 12.1 Å². The molecule has 0 aliphatic carbocycles. The minimum atomic E-state index is -0.643. The zero-order valence-electron chi connectivity index (χ0n) is 14.7. The summed E-state index contributed by atoms with van der Waals surface area (Å²) in [6.45, 7) is 6.34. The molecule has 0 spiro atoms. The highest BCUT2D eigenvalue weighted by Gasteiger charge is 2.30. The summed E-state index contributed by atoms with van der Waals surface area (Å²) in [4.78, 5) is 10.4. The fourth-order valence-corrected chi connectivity index (χ4v) is 3.01. The smallest absolute Gasteiger partial charge is 0.269 e. The number of benzene rings is 2. The molecule has 0 aliphatic rings. The largest absolute Gasteiger partial charge is 0.491 e. The summed E-state index contributed by atoms with van der Waals surface area (Å²) >= 11 is 0. The van der Waals surface area contributed by atoms with Crippen LogP contribution in [0, 0.1) is 10.1 Å². The number of aliphatic hydroxyl groups excluding tert-OH is 1. The first-order valence-electron chi connectivity index (χ1n) is 8.47. The summed E-state index contributed by atoms with van der Waals surface area (Å²) in [6, 6.07) is 16.0. The van der Waals surface area contributed by atoms with Gasteiger partial charge in [-0.05, 0) is 26.0 Å². The summed E-state index contributed by atoms with van der Waals surface area (Å²) < 4.78 is 6.18. The average Bonchev–Trinajstić information content (AvgIpc) is 2.65.